The predicted octanol–water partition coefficient (Wildman–Crippen LogP) is 3.42. The largest absolute Gasteiger partial charge is 0.481 e. The molecule has 0 saturated carbocycles. The molecule has 2 aromatic rings. The zero-order chi connectivity index (χ0) is 13.7. The number of nitrogens with one attached hydrogen (secondary N) is 1. The van der Waals surface area contributed by atoms with Gasteiger partial charge in [-0.1, -0.05) is 11.6 Å². The van der Waals surface area contributed by atoms with Crippen LogP contribution in [0.5, 0.6) is 5.88 Å². The summed E-state index contributed by atoms with van der Waals surface area (Å²) in [6, 6.07) is 12.4. The van der Waals surface area contributed by atoms with E-state index in [4.69, 9.17) is 16.3 Å². The van der Waals surface area contributed by atoms with Crippen LogP contribution < -0.4 is 10.1 Å². The second kappa shape index (κ2) is 6.07. The first-order chi connectivity index (χ1) is 9.22. The summed E-state index contributed by atoms with van der Waals surface area (Å²) in [4.78, 5) is 4.09. The number of methoxy groups -OCH3 is 1. The van der Waals surface area contributed by atoms with Crippen LogP contribution in [0.25, 0.3) is 0 Å². The Bertz CT molecular complexity index is 575. The Labute approximate surface area is 116 Å². The number of aromatic nitrogens is 1. The van der Waals surface area contributed by atoms with E-state index in [2.05, 4.69) is 16.4 Å². The highest BCUT2D eigenvalue weighted by atomic mass is 35.5. The maximum absolute atomic E-state index is 9.22. The van der Waals surface area contributed by atoms with Crippen molar-refractivity contribution < 1.29 is 4.74 Å². The van der Waals surface area contributed by atoms with Crippen LogP contribution in [0.15, 0.2) is 42.6 Å². The van der Waals surface area contributed by atoms with Gasteiger partial charge in [0.2, 0.25) is 5.88 Å². The van der Waals surface area contributed by atoms with Gasteiger partial charge < -0.3 is 10.1 Å². The molecule has 19 heavy (non-hydrogen) atoms. The van der Waals surface area contributed by atoms with Gasteiger partial charge in [0.1, 0.15) is 6.04 Å². The van der Waals surface area contributed by atoms with Crippen molar-refractivity contribution in [2.24, 2.45) is 0 Å². The lowest BCUT2D eigenvalue weighted by Crippen LogP contribution is -2.08. The van der Waals surface area contributed by atoms with Gasteiger partial charge in [-0.05, 0) is 30.3 Å². The third-order valence-corrected chi connectivity index (χ3v) is 2.84. The van der Waals surface area contributed by atoms with Crippen LogP contribution in [-0.4, -0.2) is 12.1 Å². The fourth-order valence-electron chi connectivity index (χ4n) is 1.59. The van der Waals surface area contributed by atoms with E-state index in [1.165, 1.54) is 0 Å². The van der Waals surface area contributed by atoms with E-state index < -0.39 is 6.04 Å². The molecule has 0 bridgehead atoms. The molecule has 1 N–H and O–H groups in total. The fourth-order valence-corrected chi connectivity index (χ4v) is 1.71. The number of rotatable bonds is 4. The minimum absolute atomic E-state index is 0.473. The van der Waals surface area contributed by atoms with Crippen LogP contribution in [0.4, 0.5) is 5.69 Å². The molecule has 1 aromatic carbocycles. The smallest absolute Gasteiger partial charge is 0.212 e. The van der Waals surface area contributed by atoms with Gasteiger partial charge in [0, 0.05) is 28.5 Å². The van der Waals surface area contributed by atoms with E-state index in [0.717, 1.165) is 11.3 Å². The van der Waals surface area contributed by atoms with E-state index in [0.29, 0.717) is 10.9 Å². The van der Waals surface area contributed by atoms with Crippen LogP contribution in [0.3, 0.4) is 0 Å². The van der Waals surface area contributed by atoms with E-state index in [-0.39, 0.29) is 0 Å². The molecule has 0 aliphatic rings. The third kappa shape index (κ3) is 3.36. The Morgan fingerprint density at radius 1 is 1.26 bits per heavy atom. The molecule has 0 radical (unpaired) electrons. The molecular weight excluding hydrogens is 262 g/mol. The van der Waals surface area contributed by atoms with Crippen LogP contribution in [0, 0.1) is 11.3 Å². The van der Waals surface area contributed by atoms with Gasteiger partial charge in [0.25, 0.3) is 0 Å². The summed E-state index contributed by atoms with van der Waals surface area (Å²) in [5.41, 5.74) is 1.60. The van der Waals surface area contributed by atoms with Crippen LogP contribution in [-0.2, 0) is 0 Å². The molecule has 0 aliphatic carbocycles. The highest BCUT2D eigenvalue weighted by Gasteiger charge is 2.10. The highest BCUT2D eigenvalue weighted by Crippen LogP contribution is 2.21. The molecule has 0 fully saturated rings. The lowest BCUT2D eigenvalue weighted by molar-refractivity contribution is 0.397. The van der Waals surface area contributed by atoms with Gasteiger partial charge in [0.15, 0.2) is 0 Å². The summed E-state index contributed by atoms with van der Waals surface area (Å²) in [5.74, 6) is 0.520. The molecule has 2 rings (SSSR count). The summed E-state index contributed by atoms with van der Waals surface area (Å²) in [5, 5.41) is 13.0. The lowest BCUT2D eigenvalue weighted by Gasteiger charge is -2.13. The van der Waals surface area contributed by atoms with E-state index >= 15 is 0 Å². The van der Waals surface area contributed by atoms with Gasteiger partial charge >= 0.3 is 0 Å². The Morgan fingerprint density at radius 2 is 2.00 bits per heavy atom. The normalized spacial score (nSPS) is 11.4. The van der Waals surface area contributed by atoms with Crippen molar-refractivity contribution in [2.45, 2.75) is 6.04 Å². The summed E-state index contributed by atoms with van der Waals surface area (Å²) in [7, 11) is 1.55. The number of halogens is 1. The fraction of sp³-hybridized carbons (Fsp3) is 0.143. The molecule has 96 valence electrons. The molecule has 0 amide bonds. The SMILES string of the molecule is COc1ccc(C(C#N)Nc2ccc(Cl)cc2)cn1. The topological polar surface area (TPSA) is 57.9 Å². The lowest BCUT2D eigenvalue weighted by atomic mass is 10.1. The predicted molar refractivity (Wildman–Crippen MR) is 74.2 cm³/mol. The molecule has 0 saturated heterocycles. The van der Waals surface area contributed by atoms with Crippen molar-refractivity contribution in [2.75, 3.05) is 12.4 Å². The van der Waals surface area contributed by atoms with Gasteiger partial charge in [-0.25, -0.2) is 4.98 Å². The number of hydrogen-bond acceptors (Lipinski definition) is 4. The Hall–Kier alpha value is -2.25. The zero-order valence-corrected chi connectivity index (χ0v) is 11.1. The van der Waals surface area contributed by atoms with Gasteiger partial charge in [-0.3, -0.25) is 0 Å². The number of benzene rings is 1. The first-order valence-corrected chi connectivity index (χ1v) is 6.02. The molecule has 0 spiro atoms. The molecular formula is C14H12ClN3O. The summed E-state index contributed by atoms with van der Waals surface area (Å²) in [6.07, 6.45) is 1.62. The molecule has 1 atom stereocenters. The molecule has 4 nitrogen and oxygen atoms in total. The number of ether oxygens (including phenoxy) is 1. The second-order valence-corrected chi connectivity index (χ2v) is 4.28. The molecule has 1 unspecified atom stereocenters. The quantitative estimate of drug-likeness (QED) is 0.927. The molecule has 5 heteroatoms. The Balaban J connectivity index is 2.15. The van der Waals surface area contributed by atoms with Crippen molar-refractivity contribution in [3.63, 3.8) is 0 Å². The standard InChI is InChI=1S/C14H12ClN3O/c1-19-14-7-2-10(9-17-14)13(8-16)18-12-5-3-11(15)4-6-12/h2-7,9,13,18H,1H3. The minimum Gasteiger partial charge on any atom is -0.481 e. The summed E-state index contributed by atoms with van der Waals surface area (Å²) in [6.45, 7) is 0. The molecule has 1 aromatic heterocycles. The average Bonchev–Trinajstić information content (AvgIpc) is 2.47. The van der Waals surface area contributed by atoms with Crippen molar-refractivity contribution in [3.05, 3.63) is 53.2 Å². The summed E-state index contributed by atoms with van der Waals surface area (Å²) >= 11 is 5.82. The Morgan fingerprint density at radius 3 is 2.53 bits per heavy atom. The maximum Gasteiger partial charge on any atom is 0.212 e. The molecule has 1 heterocycles. The zero-order valence-electron chi connectivity index (χ0n) is 10.3. The number of hydrogen-bond donors (Lipinski definition) is 1. The minimum atomic E-state index is -0.473. The monoisotopic (exact) mass is 273 g/mol. The van der Waals surface area contributed by atoms with Crippen molar-refractivity contribution in [1.29, 1.82) is 5.26 Å². The van der Waals surface area contributed by atoms with Crippen molar-refractivity contribution >= 4 is 17.3 Å². The number of anilines is 1. The van der Waals surface area contributed by atoms with Crippen molar-refractivity contribution in [1.82, 2.24) is 4.98 Å². The second-order valence-electron chi connectivity index (χ2n) is 3.85. The number of nitrogens with zero attached hydrogens (tertiary/aromatic N) is 2. The van der Waals surface area contributed by atoms with Crippen LogP contribution in [0.1, 0.15) is 11.6 Å². The summed E-state index contributed by atoms with van der Waals surface area (Å²) < 4.78 is 4.98. The maximum atomic E-state index is 9.22. The first-order valence-electron chi connectivity index (χ1n) is 5.64. The third-order valence-electron chi connectivity index (χ3n) is 2.59. The van der Waals surface area contributed by atoms with Gasteiger partial charge in [0.05, 0.1) is 13.2 Å². The Kier molecular flexibility index (Phi) is 4.22. The van der Waals surface area contributed by atoms with E-state index in [1.54, 1.807) is 31.5 Å². The van der Waals surface area contributed by atoms with E-state index in [1.807, 2.05) is 18.2 Å². The van der Waals surface area contributed by atoms with Crippen LogP contribution in [0.2, 0.25) is 5.02 Å². The molecule has 0 aliphatic heterocycles. The van der Waals surface area contributed by atoms with Crippen LogP contribution >= 0.6 is 11.6 Å². The van der Waals surface area contributed by atoms with Gasteiger partial charge in [-0.15, -0.1) is 0 Å². The van der Waals surface area contributed by atoms with E-state index in [9.17, 15) is 5.26 Å². The number of pyridine rings is 1. The van der Waals surface area contributed by atoms with Gasteiger partial charge in [-0.2, -0.15) is 5.26 Å². The highest BCUT2D eigenvalue weighted by molar-refractivity contribution is 6.30. The average molecular weight is 274 g/mol. The first kappa shape index (κ1) is 13.2. The van der Waals surface area contributed by atoms with Crippen molar-refractivity contribution in [3.8, 4) is 11.9 Å². The number of nitriles is 1.